The molecule has 0 bridgehead atoms. The number of aryl methyl sites for hydroxylation is 2. The van der Waals surface area contributed by atoms with Crippen molar-refractivity contribution in [2.24, 2.45) is 0 Å². The lowest BCUT2D eigenvalue weighted by molar-refractivity contribution is 0.168. The van der Waals surface area contributed by atoms with Gasteiger partial charge in [-0.2, -0.15) is 0 Å². The van der Waals surface area contributed by atoms with Gasteiger partial charge in [0, 0.05) is 25.9 Å². The monoisotopic (exact) mass is 323 g/mol. The average Bonchev–Trinajstić information content (AvgIpc) is 3.08. The van der Waals surface area contributed by atoms with E-state index >= 15 is 0 Å². The third kappa shape index (κ3) is 2.68. The maximum absolute atomic E-state index is 6.29. The lowest BCUT2D eigenvalue weighted by Crippen LogP contribution is -2.39. The lowest BCUT2D eigenvalue weighted by Gasteiger charge is -2.33. The molecule has 0 spiro atoms. The predicted octanol–water partition coefficient (Wildman–Crippen LogP) is 3.02. The molecule has 0 unspecified atom stereocenters. The Morgan fingerprint density at radius 1 is 1.08 bits per heavy atom. The summed E-state index contributed by atoms with van der Waals surface area (Å²) in [5.74, 6) is 1.97. The highest BCUT2D eigenvalue weighted by molar-refractivity contribution is 5.82. The van der Waals surface area contributed by atoms with E-state index in [0.29, 0.717) is 5.65 Å². The molecule has 124 valence electrons. The molecule has 2 aromatic heterocycles. The zero-order valence-corrected chi connectivity index (χ0v) is 14.0. The molecule has 4 rings (SSSR count). The van der Waals surface area contributed by atoms with Crippen LogP contribution in [0.4, 0.5) is 5.82 Å². The quantitative estimate of drug-likeness (QED) is 0.802. The number of aromatic amines is 1. The van der Waals surface area contributed by atoms with Crippen LogP contribution in [0.15, 0.2) is 30.9 Å². The van der Waals surface area contributed by atoms with E-state index in [0.717, 1.165) is 43.0 Å². The number of rotatable bonds is 3. The van der Waals surface area contributed by atoms with Crippen LogP contribution in [0.1, 0.15) is 24.0 Å². The van der Waals surface area contributed by atoms with Crippen LogP contribution in [0.25, 0.3) is 11.2 Å². The normalized spacial score (nSPS) is 15.8. The summed E-state index contributed by atoms with van der Waals surface area (Å²) in [5, 5.41) is 0. The van der Waals surface area contributed by atoms with E-state index in [4.69, 9.17) is 4.74 Å². The summed E-state index contributed by atoms with van der Waals surface area (Å²) in [4.78, 5) is 18.3. The zero-order valence-electron chi connectivity index (χ0n) is 14.0. The van der Waals surface area contributed by atoms with Gasteiger partial charge in [-0.1, -0.05) is 18.2 Å². The van der Waals surface area contributed by atoms with Crippen molar-refractivity contribution in [1.82, 2.24) is 19.9 Å². The molecule has 0 amide bonds. The van der Waals surface area contributed by atoms with E-state index in [2.05, 4.69) is 56.9 Å². The maximum atomic E-state index is 6.29. The van der Waals surface area contributed by atoms with Crippen LogP contribution in [0.5, 0.6) is 5.75 Å². The summed E-state index contributed by atoms with van der Waals surface area (Å²) in [6, 6.07) is 6.28. The molecule has 6 nitrogen and oxygen atoms in total. The first-order valence-corrected chi connectivity index (χ1v) is 8.34. The molecule has 6 heteroatoms. The minimum Gasteiger partial charge on any atom is -0.490 e. The maximum Gasteiger partial charge on any atom is 0.182 e. The Bertz CT molecular complexity index is 831. The number of aromatic nitrogens is 4. The number of hydrogen-bond acceptors (Lipinski definition) is 5. The van der Waals surface area contributed by atoms with E-state index in [9.17, 15) is 0 Å². The van der Waals surface area contributed by atoms with Crippen molar-refractivity contribution in [3.63, 3.8) is 0 Å². The zero-order chi connectivity index (χ0) is 16.5. The molecule has 3 heterocycles. The molecular weight excluding hydrogens is 302 g/mol. The van der Waals surface area contributed by atoms with Crippen molar-refractivity contribution in [3.05, 3.63) is 42.0 Å². The number of piperidine rings is 1. The molecule has 3 aromatic rings. The van der Waals surface area contributed by atoms with E-state index in [1.54, 1.807) is 12.7 Å². The molecule has 1 aliphatic heterocycles. The van der Waals surface area contributed by atoms with Gasteiger partial charge < -0.3 is 14.6 Å². The van der Waals surface area contributed by atoms with Crippen LogP contribution < -0.4 is 9.64 Å². The van der Waals surface area contributed by atoms with Gasteiger partial charge in [0.1, 0.15) is 23.7 Å². The summed E-state index contributed by atoms with van der Waals surface area (Å²) in [7, 11) is 0. The van der Waals surface area contributed by atoms with Gasteiger partial charge in [-0.15, -0.1) is 0 Å². The van der Waals surface area contributed by atoms with Crippen LogP contribution >= 0.6 is 0 Å². The number of imidazole rings is 1. The topological polar surface area (TPSA) is 66.9 Å². The van der Waals surface area contributed by atoms with Crippen molar-refractivity contribution < 1.29 is 4.74 Å². The Morgan fingerprint density at radius 2 is 1.83 bits per heavy atom. The smallest absolute Gasteiger partial charge is 0.182 e. The molecule has 0 saturated carbocycles. The van der Waals surface area contributed by atoms with Gasteiger partial charge in [0.05, 0.1) is 6.33 Å². The number of anilines is 1. The third-order valence-electron chi connectivity index (χ3n) is 4.64. The largest absolute Gasteiger partial charge is 0.490 e. The molecule has 1 saturated heterocycles. The summed E-state index contributed by atoms with van der Waals surface area (Å²) in [6.07, 6.45) is 5.46. The second-order valence-corrected chi connectivity index (χ2v) is 6.32. The number of fused-ring (bicyclic) bond motifs is 1. The Balaban J connectivity index is 1.46. The van der Waals surface area contributed by atoms with Crippen molar-refractivity contribution in [3.8, 4) is 5.75 Å². The predicted molar refractivity (Wildman–Crippen MR) is 93.5 cm³/mol. The number of para-hydroxylation sites is 1. The van der Waals surface area contributed by atoms with Crippen molar-refractivity contribution in [1.29, 1.82) is 0 Å². The number of nitrogens with one attached hydrogen (secondary N) is 1. The number of benzene rings is 1. The fraction of sp³-hybridized carbons (Fsp3) is 0.389. The van der Waals surface area contributed by atoms with Crippen molar-refractivity contribution in [2.75, 3.05) is 18.0 Å². The Morgan fingerprint density at radius 3 is 2.58 bits per heavy atom. The summed E-state index contributed by atoms with van der Waals surface area (Å²) in [6.45, 7) is 6.04. The van der Waals surface area contributed by atoms with Crippen LogP contribution in [0.3, 0.4) is 0 Å². The van der Waals surface area contributed by atoms with Gasteiger partial charge in [0.25, 0.3) is 0 Å². The molecule has 0 atom stereocenters. The molecular formula is C18H21N5O. The van der Waals surface area contributed by atoms with Crippen molar-refractivity contribution in [2.45, 2.75) is 32.8 Å². The van der Waals surface area contributed by atoms with E-state index in [1.807, 2.05) is 0 Å². The van der Waals surface area contributed by atoms with Crippen LogP contribution in [0, 0.1) is 13.8 Å². The standard InChI is InChI=1S/C18H21N5O/c1-12-4-3-5-13(2)16(12)24-14-6-8-23(9-7-14)18-15-17(20-10-19-15)21-11-22-18/h3-5,10-11,14H,6-9H2,1-2H3,(H,19,20,21,22). The minimum absolute atomic E-state index is 0.250. The fourth-order valence-electron chi connectivity index (χ4n) is 3.33. The van der Waals surface area contributed by atoms with Gasteiger partial charge in [-0.3, -0.25) is 0 Å². The molecule has 0 radical (unpaired) electrons. The first kappa shape index (κ1) is 14.9. The van der Waals surface area contributed by atoms with Crippen LogP contribution in [-0.4, -0.2) is 39.1 Å². The lowest BCUT2D eigenvalue weighted by atomic mass is 10.1. The van der Waals surface area contributed by atoms with Gasteiger partial charge in [0.2, 0.25) is 0 Å². The Hall–Kier alpha value is -2.63. The third-order valence-corrected chi connectivity index (χ3v) is 4.64. The second-order valence-electron chi connectivity index (χ2n) is 6.32. The van der Waals surface area contributed by atoms with Crippen LogP contribution in [-0.2, 0) is 0 Å². The van der Waals surface area contributed by atoms with E-state index in [-0.39, 0.29) is 6.10 Å². The van der Waals surface area contributed by atoms with Crippen molar-refractivity contribution >= 4 is 17.0 Å². The highest BCUT2D eigenvalue weighted by Gasteiger charge is 2.24. The van der Waals surface area contributed by atoms with Gasteiger partial charge in [0.15, 0.2) is 11.5 Å². The highest BCUT2D eigenvalue weighted by atomic mass is 16.5. The second kappa shape index (κ2) is 6.11. The fourth-order valence-corrected chi connectivity index (χ4v) is 3.33. The number of H-pyrrole nitrogens is 1. The average molecular weight is 323 g/mol. The Kier molecular flexibility index (Phi) is 3.80. The molecule has 24 heavy (non-hydrogen) atoms. The highest BCUT2D eigenvalue weighted by Crippen LogP contribution is 2.28. The first-order valence-electron chi connectivity index (χ1n) is 8.34. The van der Waals surface area contributed by atoms with Gasteiger partial charge >= 0.3 is 0 Å². The first-order chi connectivity index (χ1) is 11.7. The number of hydrogen-bond donors (Lipinski definition) is 1. The summed E-state index contributed by atoms with van der Waals surface area (Å²) >= 11 is 0. The van der Waals surface area contributed by atoms with Crippen LogP contribution in [0.2, 0.25) is 0 Å². The summed E-state index contributed by atoms with van der Waals surface area (Å²) < 4.78 is 6.29. The molecule has 1 N–H and O–H groups in total. The number of ether oxygens (including phenoxy) is 1. The Labute approximate surface area is 140 Å². The minimum atomic E-state index is 0.250. The summed E-state index contributed by atoms with van der Waals surface area (Å²) in [5.41, 5.74) is 4.03. The van der Waals surface area contributed by atoms with Gasteiger partial charge in [-0.25, -0.2) is 15.0 Å². The SMILES string of the molecule is Cc1cccc(C)c1OC1CCN(c2ncnc3nc[nH]c23)CC1. The molecule has 1 fully saturated rings. The molecule has 0 aliphatic carbocycles. The van der Waals surface area contributed by atoms with E-state index in [1.165, 1.54) is 11.1 Å². The van der Waals surface area contributed by atoms with E-state index < -0.39 is 0 Å². The molecule has 1 aliphatic rings. The molecule has 1 aromatic carbocycles. The number of nitrogens with zero attached hydrogens (tertiary/aromatic N) is 4. The van der Waals surface area contributed by atoms with Gasteiger partial charge in [-0.05, 0) is 25.0 Å².